The first-order valence-corrected chi connectivity index (χ1v) is 6.84. The number of hydrogen-bond donors (Lipinski definition) is 2. The molecule has 0 aliphatic carbocycles. The molecular weight excluding hydrogens is 270 g/mol. The van der Waals surface area contributed by atoms with Gasteiger partial charge in [0.25, 0.3) is 0 Å². The normalized spacial score (nSPS) is 24.0. The lowest BCUT2D eigenvalue weighted by Gasteiger charge is -2.56. The van der Waals surface area contributed by atoms with Crippen molar-refractivity contribution in [3.8, 4) is 0 Å². The van der Waals surface area contributed by atoms with Gasteiger partial charge in [0.05, 0.1) is 12.1 Å². The molecule has 5 nitrogen and oxygen atoms in total. The Morgan fingerprint density at radius 2 is 2.05 bits per heavy atom. The second-order valence-corrected chi connectivity index (χ2v) is 5.29. The highest BCUT2D eigenvalue weighted by molar-refractivity contribution is 5.70. The number of carbonyl (C=O) groups is 1. The van der Waals surface area contributed by atoms with E-state index in [2.05, 4.69) is 0 Å². The SMILES string of the molecule is C.C[C@H]1CN(C(=O)OCc2ccccc2)[C@]1(CO)CCO. The molecule has 118 valence electrons. The minimum Gasteiger partial charge on any atom is -0.445 e. The molecule has 2 rings (SSSR count). The molecule has 1 aliphatic rings. The first kappa shape index (κ1) is 17.5. The molecule has 1 aromatic carbocycles. The molecule has 2 atom stereocenters. The van der Waals surface area contributed by atoms with Crippen LogP contribution in [0.3, 0.4) is 0 Å². The fourth-order valence-corrected chi connectivity index (χ4v) is 2.73. The van der Waals surface area contributed by atoms with Crippen LogP contribution in [-0.2, 0) is 11.3 Å². The Balaban J connectivity index is 0.00000220. The van der Waals surface area contributed by atoms with Gasteiger partial charge in [-0.05, 0) is 17.9 Å². The van der Waals surface area contributed by atoms with Crippen molar-refractivity contribution < 1.29 is 19.7 Å². The van der Waals surface area contributed by atoms with Crippen LogP contribution < -0.4 is 0 Å². The molecule has 0 saturated carbocycles. The summed E-state index contributed by atoms with van der Waals surface area (Å²) in [5, 5.41) is 18.7. The summed E-state index contributed by atoms with van der Waals surface area (Å²) >= 11 is 0. The van der Waals surface area contributed by atoms with Gasteiger partial charge in [0, 0.05) is 13.2 Å². The van der Waals surface area contributed by atoms with Crippen LogP contribution in [0.1, 0.15) is 26.3 Å². The third-order valence-electron chi connectivity index (χ3n) is 4.16. The van der Waals surface area contributed by atoms with Crippen LogP contribution >= 0.6 is 0 Å². The Bertz CT molecular complexity index is 451. The van der Waals surface area contributed by atoms with Crippen LogP contribution in [0.25, 0.3) is 0 Å². The largest absolute Gasteiger partial charge is 0.445 e. The quantitative estimate of drug-likeness (QED) is 0.872. The minimum absolute atomic E-state index is 0. The summed E-state index contributed by atoms with van der Waals surface area (Å²) in [5.74, 6) is 0.156. The Morgan fingerprint density at radius 1 is 1.38 bits per heavy atom. The van der Waals surface area contributed by atoms with E-state index in [0.717, 1.165) is 5.56 Å². The van der Waals surface area contributed by atoms with Gasteiger partial charge < -0.3 is 14.9 Å². The van der Waals surface area contributed by atoms with Gasteiger partial charge in [-0.1, -0.05) is 44.7 Å². The highest BCUT2D eigenvalue weighted by Crippen LogP contribution is 2.39. The van der Waals surface area contributed by atoms with E-state index in [1.54, 1.807) is 0 Å². The second-order valence-electron chi connectivity index (χ2n) is 5.29. The maximum absolute atomic E-state index is 12.1. The molecule has 21 heavy (non-hydrogen) atoms. The number of aliphatic hydroxyl groups is 2. The molecule has 1 heterocycles. The molecule has 1 fully saturated rings. The average molecular weight is 295 g/mol. The molecule has 0 spiro atoms. The zero-order chi connectivity index (χ0) is 14.6. The van der Waals surface area contributed by atoms with Gasteiger partial charge in [0.15, 0.2) is 0 Å². The fraction of sp³-hybridized carbons (Fsp3) is 0.562. The Morgan fingerprint density at radius 3 is 2.57 bits per heavy atom. The maximum atomic E-state index is 12.1. The average Bonchev–Trinajstić information content (AvgIpc) is 2.48. The van der Waals surface area contributed by atoms with Gasteiger partial charge in [0.1, 0.15) is 6.61 Å². The van der Waals surface area contributed by atoms with Gasteiger partial charge in [-0.25, -0.2) is 4.79 Å². The monoisotopic (exact) mass is 295 g/mol. The van der Waals surface area contributed by atoms with Gasteiger partial charge in [-0.15, -0.1) is 0 Å². The number of ether oxygens (including phenoxy) is 1. The highest BCUT2D eigenvalue weighted by Gasteiger charge is 2.53. The lowest BCUT2D eigenvalue weighted by Crippen LogP contribution is -2.70. The van der Waals surface area contributed by atoms with Crippen LogP contribution in [-0.4, -0.2) is 46.5 Å². The predicted molar refractivity (Wildman–Crippen MR) is 80.7 cm³/mol. The number of nitrogens with zero attached hydrogens (tertiary/aromatic N) is 1. The van der Waals surface area contributed by atoms with E-state index in [1.165, 1.54) is 4.90 Å². The van der Waals surface area contributed by atoms with Crippen LogP contribution in [0.5, 0.6) is 0 Å². The molecule has 1 amide bonds. The highest BCUT2D eigenvalue weighted by atomic mass is 16.6. The van der Waals surface area contributed by atoms with Crippen LogP contribution in [0.2, 0.25) is 0 Å². The third-order valence-corrected chi connectivity index (χ3v) is 4.16. The third kappa shape index (κ3) is 3.36. The lowest BCUT2D eigenvalue weighted by atomic mass is 9.73. The predicted octanol–water partition coefficient (Wildman–Crippen LogP) is 2.02. The molecule has 0 bridgehead atoms. The first-order chi connectivity index (χ1) is 9.64. The second kappa shape index (κ2) is 7.43. The summed E-state index contributed by atoms with van der Waals surface area (Å²) in [5.41, 5.74) is 0.244. The summed E-state index contributed by atoms with van der Waals surface area (Å²) in [7, 11) is 0. The number of benzene rings is 1. The van der Waals surface area contributed by atoms with E-state index in [4.69, 9.17) is 9.84 Å². The van der Waals surface area contributed by atoms with Crippen molar-refractivity contribution in [1.82, 2.24) is 4.90 Å². The number of carbonyl (C=O) groups excluding carboxylic acids is 1. The van der Waals surface area contributed by atoms with Crippen molar-refractivity contribution in [2.75, 3.05) is 19.8 Å². The topological polar surface area (TPSA) is 70.0 Å². The standard InChI is InChI=1S/C15H21NO4.CH4/c1-12-9-16(15(12,11-18)7-8-17)14(19)20-10-13-5-3-2-4-6-13;/h2-6,12,17-18H,7-11H2,1H3;1H4/t12-,15-;/m0./s1. The van der Waals surface area contributed by atoms with Crippen molar-refractivity contribution in [3.63, 3.8) is 0 Å². The molecule has 0 unspecified atom stereocenters. The van der Waals surface area contributed by atoms with E-state index in [1.807, 2.05) is 37.3 Å². The van der Waals surface area contributed by atoms with Crippen molar-refractivity contribution in [3.05, 3.63) is 35.9 Å². The van der Waals surface area contributed by atoms with E-state index in [0.29, 0.717) is 13.0 Å². The van der Waals surface area contributed by atoms with Crippen LogP contribution in [0.4, 0.5) is 4.79 Å². The van der Waals surface area contributed by atoms with Crippen LogP contribution in [0.15, 0.2) is 30.3 Å². The van der Waals surface area contributed by atoms with Gasteiger partial charge in [-0.3, -0.25) is 4.90 Å². The van der Waals surface area contributed by atoms with Crippen LogP contribution in [0, 0.1) is 5.92 Å². The number of aliphatic hydroxyl groups excluding tert-OH is 2. The first-order valence-electron chi connectivity index (χ1n) is 6.84. The van der Waals surface area contributed by atoms with Gasteiger partial charge in [0.2, 0.25) is 0 Å². The summed E-state index contributed by atoms with van der Waals surface area (Å²) < 4.78 is 5.28. The van der Waals surface area contributed by atoms with E-state index in [9.17, 15) is 9.90 Å². The van der Waals surface area contributed by atoms with Gasteiger partial charge in [-0.2, -0.15) is 0 Å². The molecular formula is C16H25NO4. The molecule has 1 saturated heterocycles. The molecule has 2 N–H and O–H groups in total. The molecule has 1 aromatic rings. The van der Waals surface area contributed by atoms with E-state index >= 15 is 0 Å². The van der Waals surface area contributed by atoms with Gasteiger partial charge >= 0.3 is 6.09 Å². The van der Waals surface area contributed by atoms with Crippen molar-refractivity contribution in [2.24, 2.45) is 5.92 Å². The Kier molecular flexibility index (Phi) is 6.18. The summed E-state index contributed by atoms with van der Waals surface area (Å²) in [6, 6.07) is 9.45. The van der Waals surface area contributed by atoms with Crippen molar-refractivity contribution in [1.29, 1.82) is 0 Å². The minimum atomic E-state index is -0.678. The molecule has 5 heteroatoms. The number of rotatable bonds is 5. The zero-order valence-corrected chi connectivity index (χ0v) is 11.7. The number of likely N-dealkylation sites (tertiary alicyclic amines) is 1. The lowest BCUT2D eigenvalue weighted by molar-refractivity contribution is -0.102. The van der Waals surface area contributed by atoms with E-state index in [-0.39, 0.29) is 33.2 Å². The number of hydrogen-bond acceptors (Lipinski definition) is 4. The molecule has 1 aliphatic heterocycles. The molecule has 0 aromatic heterocycles. The zero-order valence-electron chi connectivity index (χ0n) is 11.7. The summed E-state index contributed by atoms with van der Waals surface area (Å²) in [4.78, 5) is 13.6. The number of amides is 1. The van der Waals surface area contributed by atoms with Crippen molar-refractivity contribution in [2.45, 2.75) is 32.9 Å². The Hall–Kier alpha value is -1.59. The maximum Gasteiger partial charge on any atom is 0.410 e. The van der Waals surface area contributed by atoms with Crippen molar-refractivity contribution >= 4 is 6.09 Å². The fourth-order valence-electron chi connectivity index (χ4n) is 2.73. The smallest absolute Gasteiger partial charge is 0.410 e. The Labute approximate surface area is 126 Å². The van der Waals surface area contributed by atoms with E-state index < -0.39 is 11.6 Å². The molecule has 0 radical (unpaired) electrons. The summed E-state index contributed by atoms with van der Waals surface area (Å²) in [6.45, 7) is 2.51. The summed E-state index contributed by atoms with van der Waals surface area (Å²) in [6.07, 6.45) is -0.0695.